The summed E-state index contributed by atoms with van der Waals surface area (Å²) in [6, 6.07) is 3.59. The molecule has 0 saturated carbocycles. The first-order valence-electron chi connectivity index (χ1n) is 10.0. The van der Waals surface area contributed by atoms with E-state index in [-0.39, 0.29) is 22.2 Å². The number of nitrogens with two attached hydrogens (primary N) is 1. The average Bonchev–Trinajstić information content (AvgIpc) is 2.87. The molecule has 1 aliphatic rings. The molecule has 7 nitrogen and oxygen atoms in total. The van der Waals surface area contributed by atoms with Crippen LogP contribution in [-0.4, -0.2) is 45.9 Å². The molecule has 2 aromatic rings. The predicted molar refractivity (Wildman–Crippen MR) is 113 cm³/mol. The van der Waals surface area contributed by atoms with Crippen LogP contribution < -0.4 is 11.1 Å². The Morgan fingerprint density at radius 1 is 1.33 bits per heavy atom. The lowest BCUT2D eigenvalue weighted by molar-refractivity contribution is -0.120. The number of aromatic nitrogens is 2. The van der Waals surface area contributed by atoms with Gasteiger partial charge in [0.15, 0.2) is 5.69 Å². The lowest BCUT2D eigenvalue weighted by Crippen LogP contribution is -2.45. The molecule has 1 atom stereocenters. The number of carbonyl (C=O) groups is 2. The van der Waals surface area contributed by atoms with Crippen LogP contribution in [0.25, 0.3) is 11.4 Å². The van der Waals surface area contributed by atoms with Gasteiger partial charge >= 0.3 is 0 Å². The molecule has 0 fully saturated rings. The quantitative estimate of drug-likeness (QED) is 0.729. The number of primary amides is 1. The number of benzene rings is 1. The van der Waals surface area contributed by atoms with Crippen LogP contribution >= 0.6 is 11.6 Å². The minimum absolute atomic E-state index is 0.173. The third-order valence-electron chi connectivity index (χ3n) is 5.16. The van der Waals surface area contributed by atoms with Gasteiger partial charge in [-0.2, -0.15) is 0 Å². The summed E-state index contributed by atoms with van der Waals surface area (Å²) in [6.07, 6.45) is 1.26. The molecule has 30 heavy (non-hydrogen) atoms. The maximum absolute atomic E-state index is 14.6. The number of amides is 2. The molecule has 3 N–H and O–H groups in total. The molecule has 3 rings (SSSR count). The first-order valence-corrected chi connectivity index (χ1v) is 10.4. The van der Waals surface area contributed by atoms with Gasteiger partial charge in [0.2, 0.25) is 5.91 Å². The number of carbonyl (C=O) groups excluding carboxylic acids is 2. The zero-order valence-electron chi connectivity index (χ0n) is 17.4. The third-order valence-corrected chi connectivity index (χ3v) is 5.39. The number of nitrogens with one attached hydrogen (secondary N) is 1. The van der Waals surface area contributed by atoms with E-state index in [2.05, 4.69) is 15.2 Å². The fraction of sp³-hybridized carbons (Fsp3) is 0.476. The van der Waals surface area contributed by atoms with Crippen molar-refractivity contribution in [3.63, 3.8) is 0 Å². The van der Waals surface area contributed by atoms with E-state index < -0.39 is 23.7 Å². The second-order valence-corrected chi connectivity index (χ2v) is 8.59. The Labute approximate surface area is 180 Å². The number of halogens is 2. The summed E-state index contributed by atoms with van der Waals surface area (Å²) in [5.74, 6) is -1.04. The van der Waals surface area contributed by atoms with Crippen LogP contribution in [0.2, 0.25) is 5.02 Å². The van der Waals surface area contributed by atoms with Gasteiger partial charge in [-0.25, -0.2) is 9.37 Å². The van der Waals surface area contributed by atoms with Gasteiger partial charge in [-0.15, -0.1) is 0 Å². The lowest BCUT2D eigenvalue weighted by atomic mass is 10.0. The van der Waals surface area contributed by atoms with Crippen molar-refractivity contribution < 1.29 is 14.0 Å². The summed E-state index contributed by atoms with van der Waals surface area (Å²) in [5, 5.41) is 3.00. The second kappa shape index (κ2) is 9.14. The van der Waals surface area contributed by atoms with Crippen molar-refractivity contribution in [2.45, 2.75) is 45.8 Å². The molecule has 1 aliphatic heterocycles. The summed E-state index contributed by atoms with van der Waals surface area (Å²) in [4.78, 5) is 31.5. The molecular formula is C21H27ClFN5O2. The lowest BCUT2D eigenvalue weighted by Gasteiger charge is -2.18. The van der Waals surface area contributed by atoms with Crippen LogP contribution in [0.4, 0.5) is 4.39 Å². The Hall–Kier alpha value is -2.45. The van der Waals surface area contributed by atoms with E-state index in [1.165, 1.54) is 6.07 Å². The molecule has 9 heteroatoms. The zero-order valence-corrected chi connectivity index (χ0v) is 18.2. The van der Waals surface area contributed by atoms with Crippen LogP contribution in [0, 0.1) is 11.7 Å². The standard InChI is InChI=1S/C21H27ClFN5O2/c1-12(2)9-16(19(24)29)25-21(30)18-17-11-27(3)7-4-8-28(17)20(26-18)14-6-5-13(22)10-15(14)23/h5-6,10,12,16H,4,7-9,11H2,1-3H3,(H2,24,29)(H,25,30). The summed E-state index contributed by atoms with van der Waals surface area (Å²) in [5.41, 5.74) is 6.62. The molecule has 1 unspecified atom stereocenters. The van der Waals surface area contributed by atoms with Crippen LogP contribution in [0.15, 0.2) is 18.2 Å². The summed E-state index contributed by atoms with van der Waals surface area (Å²) >= 11 is 5.90. The first kappa shape index (κ1) is 22.2. The van der Waals surface area contributed by atoms with Gasteiger partial charge in [0.1, 0.15) is 17.7 Å². The molecule has 1 aromatic heterocycles. The number of fused-ring (bicyclic) bond motifs is 1. The van der Waals surface area contributed by atoms with Crippen molar-refractivity contribution in [1.29, 1.82) is 0 Å². The van der Waals surface area contributed by atoms with Crippen molar-refractivity contribution in [3.8, 4) is 11.4 Å². The number of nitrogens with zero attached hydrogens (tertiary/aromatic N) is 3. The molecule has 0 radical (unpaired) electrons. The van der Waals surface area contributed by atoms with Crippen molar-refractivity contribution in [3.05, 3.63) is 40.4 Å². The maximum atomic E-state index is 14.6. The predicted octanol–water partition coefficient (Wildman–Crippen LogP) is 2.81. The number of imidazole rings is 1. The van der Waals surface area contributed by atoms with E-state index in [4.69, 9.17) is 17.3 Å². The van der Waals surface area contributed by atoms with Gasteiger partial charge in [0.25, 0.3) is 5.91 Å². The van der Waals surface area contributed by atoms with E-state index in [9.17, 15) is 14.0 Å². The van der Waals surface area contributed by atoms with Crippen LogP contribution in [0.1, 0.15) is 42.9 Å². The molecule has 0 aliphatic carbocycles. The normalized spacial score (nSPS) is 15.5. The van der Waals surface area contributed by atoms with Crippen molar-refractivity contribution >= 4 is 23.4 Å². The molecule has 162 valence electrons. The van der Waals surface area contributed by atoms with E-state index in [0.717, 1.165) is 13.0 Å². The Morgan fingerprint density at radius 2 is 2.07 bits per heavy atom. The number of hydrogen-bond acceptors (Lipinski definition) is 4. The first-order chi connectivity index (χ1) is 14.2. The highest BCUT2D eigenvalue weighted by molar-refractivity contribution is 6.30. The Bertz CT molecular complexity index is 959. The average molecular weight is 436 g/mol. The fourth-order valence-corrected chi connectivity index (χ4v) is 3.88. The summed E-state index contributed by atoms with van der Waals surface area (Å²) < 4.78 is 16.5. The number of rotatable bonds is 6. The largest absolute Gasteiger partial charge is 0.368 e. The van der Waals surface area contributed by atoms with Gasteiger partial charge in [-0.3, -0.25) is 9.59 Å². The van der Waals surface area contributed by atoms with Gasteiger partial charge in [-0.05, 0) is 50.6 Å². The Morgan fingerprint density at radius 3 is 2.70 bits per heavy atom. The molecular weight excluding hydrogens is 409 g/mol. The SMILES string of the molecule is CC(C)CC(NC(=O)c1nc(-c2ccc(Cl)cc2F)n2c1CN(C)CCC2)C(N)=O. The minimum Gasteiger partial charge on any atom is -0.368 e. The topological polar surface area (TPSA) is 93.2 Å². The van der Waals surface area contributed by atoms with Crippen LogP contribution in [0.5, 0.6) is 0 Å². The molecule has 2 amide bonds. The molecule has 0 bridgehead atoms. The van der Waals surface area contributed by atoms with Gasteiger partial charge in [0, 0.05) is 18.1 Å². The van der Waals surface area contributed by atoms with E-state index in [0.29, 0.717) is 31.0 Å². The van der Waals surface area contributed by atoms with Crippen LogP contribution in [0.3, 0.4) is 0 Å². The highest BCUT2D eigenvalue weighted by atomic mass is 35.5. The molecule has 0 saturated heterocycles. The van der Waals surface area contributed by atoms with E-state index in [1.54, 1.807) is 12.1 Å². The van der Waals surface area contributed by atoms with Crippen molar-refractivity contribution in [2.75, 3.05) is 13.6 Å². The zero-order chi connectivity index (χ0) is 22.0. The van der Waals surface area contributed by atoms with Gasteiger partial charge in [-0.1, -0.05) is 25.4 Å². The highest BCUT2D eigenvalue weighted by Gasteiger charge is 2.29. The minimum atomic E-state index is -0.797. The Balaban J connectivity index is 2.05. The highest BCUT2D eigenvalue weighted by Crippen LogP contribution is 2.29. The molecule has 2 heterocycles. The van der Waals surface area contributed by atoms with Crippen molar-refractivity contribution in [1.82, 2.24) is 19.8 Å². The monoisotopic (exact) mass is 435 g/mol. The van der Waals surface area contributed by atoms with E-state index in [1.807, 2.05) is 25.5 Å². The second-order valence-electron chi connectivity index (χ2n) is 8.16. The van der Waals surface area contributed by atoms with Gasteiger partial charge in [0.05, 0.1) is 11.3 Å². The molecule has 1 aromatic carbocycles. The smallest absolute Gasteiger partial charge is 0.272 e. The fourth-order valence-electron chi connectivity index (χ4n) is 3.72. The van der Waals surface area contributed by atoms with Crippen LogP contribution in [-0.2, 0) is 17.9 Å². The Kier molecular flexibility index (Phi) is 6.77. The summed E-state index contributed by atoms with van der Waals surface area (Å²) in [6.45, 7) is 5.81. The van der Waals surface area contributed by atoms with E-state index >= 15 is 0 Å². The number of hydrogen-bond donors (Lipinski definition) is 2. The van der Waals surface area contributed by atoms with Crippen molar-refractivity contribution in [2.24, 2.45) is 11.7 Å². The third kappa shape index (κ3) is 4.82. The molecule has 0 spiro atoms. The summed E-state index contributed by atoms with van der Waals surface area (Å²) in [7, 11) is 1.96. The maximum Gasteiger partial charge on any atom is 0.272 e. The van der Waals surface area contributed by atoms with Gasteiger partial charge < -0.3 is 20.5 Å².